The molecular weight excluding hydrogens is 1190 g/mol. The van der Waals surface area contributed by atoms with E-state index in [-0.39, 0.29) is 57.1 Å². The molecule has 8 atom stereocenters. The van der Waals surface area contributed by atoms with Crippen LogP contribution in [0, 0.1) is 0 Å². The van der Waals surface area contributed by atoms with Gasteiger partial charge in [0, 0.05) is 46.1 Å². The van der Waals surface area contributed by atoms with Crippen LogP contribution >= 0.6 is 23.2 Å². The van der Waals surface area contributed by atoms with E-state index in [1.54, 1.807) is 54.6 Å². The first-order chi connectivity index (χ1) is 36.2. The number of nitrogen functional groups attached to an aromatic ring is 1. The van der Waals surface area contributed by atoms with Crippen LogP contribution in [0.1, 0.15) is 25.7 Å². The van der Waals surface area contributed by atoms with Crippen LogP contribution in [0.15, 0.2) is 116 Å². The largest absolute Gasteiger partial charge is 1.00 e. The van der Waals surface area contributed by atoms with Crippen molar-refractivity contribution in [2.45, 2.75) is 79.4 Å². The van der Waals surface area contributed by atoms with Crippen molar-refractivity contribution >= 4 is 92.0 Å². The molecule has 0 saturated heterocycles. The molecule has 0 aliphatic carbocycles. The standard InChI is InChI=1S/C22H30Cl2N10.C10H9N4O2S.2C6H12O7.Ag/c23-15-5-9-17(10-6-15)31-21(27)33-19(25)29-13-3-1-2-4-14-30-20(26)34-22(28)32-18-11-7-16(24)8-12-18;11-8-2-4-9(5-3-8)17(15,16)14-10-12-6-1-7-13-10;2*7-1-2(8)3(9)4(10)5(11)6(12)13;/h5-12H,1-4,13-14H2,(H5,25,27,29,31,33)(H5,26,28,30,32,34);1-7H,11H2;2*2-5,7-11H,1H2,(H,12,13);/q;-1;;;+1/t;;2*2-,3-,4+,5-;/m..11./s1. The minimum absolute atomic E-state index is 0. The van der Waals surface area contributed by atoms with E-state index in [2.05, 4.69) is 45.3 Å². The zero-order valence-corrected chi connectivity index (χ0v) is 44.7. The summed E-state index contributed by atoms with van der Waals surface area (Å²) in [5.41, 5.74) is 30.7. The van der Waals surface area contributed by atoms with Crippen molar-refractivity contribution in [1.82, 2.24) is 9.97 Å². The van der Waals surface area contributed by atoms with Crippen LogP contribution in [0.5, 0.6) is 0 Å². The number of carbonyl (C=O) groups is 2. The Bertz CT molecular complexity index is 2480. The number of halogens is 2. The van der Waals surface area contributed by atoms with Gasteiger partial charge >= 0.3 is 34.3 Å². The van der Waals surface area contributed by atoms with Gasteiger partial charge in [-0.25, -0.2) is 18.0 Å². The number of sulfonamides is 1. The van der Waals surface area contributed by atoms with Crippen LogP contribution in [-0.4, -0.2) is 191 Å². The van der Waals surface area contributed by atoms with Crippen LogP contribution < -0.4 is 39.3 Å². The SMILES string of the molecule is NC(=NCCCCCCN=C(N)/N=C(\N)Nc1ccc(Cl)cc1)/N=C(\N)Nc1ccc(Cl)cc1.Nc1ccc(S(=O)(=O)[N-]c2ncccn2)cc1.O=C(O)[C@H](O)[C@@H](O)[C@H](O)[C@H](O)CO.O=C(O)[C@H](O)[C@@H](O)[C@H](O)[C@H](O)CO.[Ag+]. The van der Waals surface area contributed by atoms with E-state index in [0.717, 1.165) is 37.1 Å². The smallest absolute Gasteiger partial charge is 0.479 e. The number of aromatic nitrogens is 2. The summed E-state index contributed by atoms with van der Waals surface area (Å²) >= 11 is 11.7. The van der Waals surface area contributed by atoms with Gasteiger partial charge in [-0.15, -0.1) is 0 Å². The summed E-state index contributed by atoms with van der Waals surface area (Å²) in [6.07, 6.45) is -9.15. The third-order valence-corrected chi connectivity index (χ3v) is 11.0. The fraction of sp³-hybridized carbons (Fsp3) is 0.364. The fourth-order valence-electron chi connectivity index (χ4n) is 5.18. The van der Waals surface area contributed by atoms with Crippen molar-refractivity contribution in [2.24, 2.45) is 42.9 Å². The minimum Gasteiger partial charge on any atom is -0.479 e. The van der Waals surface area contributed by atoms with Crippen LogP contribution in [0.4, 0.5) is 23.0 Å². The molecule has 24 N–H and O–H groups in total. The maximum absolute atomic E-state index is 11.8. The maximum Gasteiger partial charge on any atom is 1.00 e. The zero-order valence-electron chi connectivity index (χ0n) is 40.9. The number of guanidine groups is 4. The number of nitrogens with two attached hydrogens (primary N) is 5. The zero-order chi connectivity index (χ0) is 58.3. The number of rotatable bonds is 22. The Hall–Kier alpha value is -6.37. The minimum atomic E-state index is -3.79. The number of benzene rings is 3. The average molecular weight is 1250 g/mol. The van der Waals surface area contributed by atoms with Gasteiger partial charge in [-0.2, -0.15) is 9.98 Å². The Kier molecular flexibility index (Phi) is 35.1. The van der Waals surface area contributed by atoms with E-state index >= 15 is 0 Å². The number of aliphatic imine (C=N–C) groups is 4. The quantitative estimate of drug-likeness (QED) is 0.0131. The molecule has 3 aromatic carbocycles. The summed E-state index contributed by atoms with van der Waals surface area (Å²) in [6.45, 7) is -0.562. The van der Waals surface area contributed by atoms with Gasteiger partial charge in [0.05, 0.1) is 18.1 Å². The number of aliphatic carboxylic acids is 2. The van der Waals surface area contributed by atoms with Crippen molar-refractivity contribution < 1.29 is 102 Å². The van der Waals surface area contributed by atoms with Gasteiger partial charge in [0.25, 0.3) is 0 Å². The summed E-state index contributed by atoms with van der Waals surface area (Å²) < 4.78 is 27.2. The van der Waals surface area contributed by atoms with Gasteiger partial charge in [-0.3, -0.25) is 14.7 Å². The number of nitrogens with zero attached hydrogens (tertiary/aromatic N) is 7. The number of aliphatic hydroxyl groups excluding tert-OH is 10. The third kappa shape index (κ3) is 29.4. The monoisotopic (exact) mass is 1250 g/mol. The Balaban J connectivity index is 0.00000112. The van der Waals surface area contributed by atoms with E-state index in [4.69, 9.17) is 113 Å². The van der Waals surface area contributed by atoms with Gasteiger partial charge in [0.1, 0.15) is 36.6 Å². The summed E-state index contributed by atoms with van der Waals surface area (Å²) in [4.78, 5) is 44.2. The molecule has 1 aromatic heterocycles. The van der Waals surface area contributed by atoms with Gasteiger partial charge in [0.15, 0.2) is 12.2 Å². The molecule has 1 heterocycles. The summed E-state index contributed by atoms with van der Waals surface area (Å²) in [6, 6.07) is 21.5. The number of nitrogens with one attached hydrogen (secondary N) is 2. The number of unbranched alkanes of at least 4 members (excludes halogenated alkanes) is 3. The molecule has 78 heavy (non-hydrogen) atoms. The number of carboxylic acid groups (broad SMARTS) is 2. The molecule has 4 rings (SSSR count). The van der Waals surface area contributed by atoms with Crippen molar-refractivity contribution in [3.63, 3.8) is 0 Å². The second kappa shape index (κ2) is 38.2. The molecule has 30 nitrogen and oxygen atoms in total. The molecule has 0 aliphatic heterocycles. The Labute approximate surface area is 472 Å². The predicted octanol–water partition coefficient (Wildman–Crippen LogP) is -2.20. The van der Waals surface area contributed by atoms with Crippen LogP contribution in [0.3, 0.4) is 0 Å². The Morgan fingerprint density at radius 1 is 0.590 bits per heavy atom. The van der Waals surface area contributed by atoms with E-state index in [0.29, 0.717) is 28.8 Å². The average Bonchev–Trinajstić information content (AvgIpc) is 3.39. The van der Waals surface area contributed by atoms with Crippen molar-refractivity contribution in [2.75, 3.05) is 42.7 Å². The number of hydrogen-bond acceptors (Lipinski definition) is 19. The summed E-state index contributed by atoms with van der Waals surface area (Å²) in [5, 5.41) is 111. The molecule has 0 spiro atoms. The van der Waals surface area contributed by atoms with Gasteiger partial charge < -0.3 is 111 Å². The molecule has 436 valence electrons. The first-order valence-corrected chi connectivity index (χ1v) is 24.5. The maximum atomic E-state index is 11.8. The second-order valence-corrected chi connectivity index (χ2v) is 17.8. The number of carboxylic acids is 2. The van der Waals surface area contributed by atoms with Crippen LogP contribution in [-0.2, 0) is 42.0 Å². The Morgan fingerprint density at radius 2 is 0.949 bits per heavy atom. The molecular formula is C44H63AgCl2N14O16S. The van der Waals surface area contributed by atoms with Crippen LogP contribution in [0.2, 0.25) is 10.0 Å². The Morgan fingerprint density at radius 3 is 1.28 bits per heavy atom. The second-order valence-electron chi connectivity index (χ2n) is 15.4. The van der Waals surface area contributed by atoms with Crippen molar-refractivity contribution in [3.05, 3.63) is 106 Å². The molecule has 34 heteroatoms. The van der Waals surface area contributed by atoms with Crippen molar-refractivity contribution in [1.29, 1.82) is 0 Å². The number of hydrogen-bond donors (Lipinski definition) is 19. The molecule has 0 saturated carbocycles. The molecule has 4 aromatic rings. The molecule has 0 amide bonds. The molecule has 0 aliphatic rings. The fourth-order valence-corrected chi connectivity index (χ4v) is 6.32. The van der Waals surface area contributed by atoms with Gasteiger partial charge in [-0.05, 0) is 98.0 Å². The van der Waals surface area contributed by atoms with Crippen molar-refractivity contribution in [3.8, 4) is 0 Å². The topological polar surface area (TPSA) is 555 Å². The first-order valence-electron chi connectivity index (χ1n) is 22.3. The molecule has 0 bridgehead atoms. The summed E-state index contributed by atoms with van der Waals surface area (Å²) in [7, 11) is -3.79. The van der Waals surface area contributed by atoms with Crippen LogP contribution in [0.25, 0.3) is 4.72 Å². The van der Waals surface area contributed by atoms with Gasteiger partial charge in [-0.1, -0.05) is 42.1 Å². The molecule has 0 unspecified atom stereocenters. The summed E-state index contributed by atoms with van der Waals surface area (Å²) in [5.74, 6) is -2.98. The van der Waals surface area contributed by atoms with E-state index in [1.807, 2.05) is 0 Å². The molecule has 0 fully saturated rings. The normalized spacial score (nSPS) is 14.9. The number of anilines is 3. The van der Waals surface area contributed by atoms with Gasteiger partial charge in [0.2, 0.25) is 33.9 Å². The van der Waals surface area contributed by atoms with E-state index in [9.17, 15) is 18.0 Å². The first kappa shape index (κ1) is 71.6. The molecule has 0 radical (unpaired) electrons. The number of aliphatic hydroxyl groups is 10. The predicted molar refractivity (Wildman–Crippen MR) is 285 cm³/mol. The van der Waals surface area contributed by atoms with E-state index < -0.39 is 84.0 Å². The van der Waals surface area contributed by atoms with E-state index in [1.165, 1.54) is 36.7 Å². The third-order valence-electron chi connectivity index (χ3n) is 9.26.